The van der Waals surface area contributed by atoms with E-state index in [1.807, 2.05) is 25.7 Å². The molecule has 1 aliphatic carbocycles. The van der Waals surface area contributed by atoms with E-state index in [1.54, 1.807) is 0 Å². The number of rotatable bonds is 5. The molecule has 1 aromatic carbocycles. The lowest BCUT2D eigenvalue weighted by molar-refractivity contribution is -0.0366. The second kappa shape index (κ2) is 12.5. The molecule has 3 aliphatic heterocycles. The SMILES string of the molecule is Cc1ccc2c(cnn2C2CCCCO2)c1[C@@H]1Cc2nc(N3CC(N(C)C)C3)nc(N3CCN(C(=O)OC(C)(C)C)CC3)c2C[C@H]1C. The highest BCUT2D eigenvalue weighted by Gasteiger charge is 2.37. The summed E-state index contributed by atoms with van der Waals surface area (Å²) in [7, 11) is 4.28. The Bertz CT molecular complexity index is 1610. The van der Waals surface area contributed by atoms with Crippen LogP contribution in [-0.2, 0) is 22.3 Å². The van der Waals surface area contributed by atoms with Crippen LogP contribution in [0.15, 0.2) is 18.3 Å². The summed E-state index contributed by atoms with van der Waals surface area (Å²) in [5, 5.41) is 6.13. The normalized spacial score (nSPS) is 24.1. The summed E-state index contributed by atoms with van der Waals surface area (Å²) in [6.45, 7) is 15.7. The fourth-order valence-electron chi connectivity index (χ4n) is 7.81. The fourth-order valence-corrected chi connectivity index (χ4v) is 7.81. The minimum absolute atomic E-state index is 0.0115. The fraction of sp³-hybridized carbons (Fsp3) is 0.667. The Morgan fingerprint density at radius 3 is 2.47 bits per heavy atom. The van der Waals surface area contributed by atoms with Gasteiger partial charge in [0.2, 0.25) is 5.95 Å². The van der Waals surface area contributed by atoms with Crippen LogP contribution in [0.1, 0.15) is 81.5 Å². The molecule has 1 amide bonds. The standard InChI is InChI=1S/C36H52N8O3/c1-23-11-12-30-28(20-37-44(30)31-10-8-9-17-46-31)32(23)26-19-29-27(18-24(26)2)33(39-34(38-29)43-21-25(22-43)40(6)7)41-13-15-42(16-14-41)35(45)47-36(3,4)5/h11-12,20,24-26,31H,8-10,13-19,21-22H2,1-7H3/t24-,26-,31?/m1/s1. The van der Waals surface area contributed by atoms with Gasteiger partial charge in [-0.15, -0.1) is 0 Å². The number of fused-ring (bicyclic) bond motifs is 2. The molecule has 3 fully saturated rings. The van der Waals surface area contributed by atoms with E-state index in [9.17, 15) is 4.79 Å². The van der Waals surface area contributed by atoms with Crippen molar-refractivity contribution in [2.45, 2.75) is 90.5 Å². The molecule has 0 N–H and O–H groups in total. The van der Waals surface area contributed by atoms with E-state index in [4.69, 9.17) is 24.5 Å². The third-order valence-corrected chi connectivity index (χ3v) is 10.6. The van der Waals surface area contributed by atoms with E-state index >= 15 is 0 Å². The molecule has 4 aliphatic rings. The smallest absolute Gasteiger partial charge is 0.410 e. The maximum absolute atomic E-state index is 12.8. The van der Waals surface area contributed by atoms with Crippen LogP contribution >= 0.6 is 0 Å². The van der Waals surface area contributed by atoms with E-state index < -0.39 is 5.60 Å². The van der Waals surface area contributed by atoms with Crippen molar-refractivity contribution >= 4 is 28.8 Å². The summed E-state index contributed by atoms with van der Waals surface area (Å²) in [6.07, 6.45) is 6.93. The second-order valence-corrected chi connectivity index (χ2v) is 15.4. The Morgan fingerprint density at radius 1 is 1.02 bits per heavy atom. The van der Waals surface area contributed by atoms with Crippen molar-refractivity contribution in [2.75, 3.05) is 69.8 Å². The average molecular weight is 645 g/mol. The van der Waals surface area contributed by atoms with Crippen LogP contribution in [0, 0.1) is 12.8 Å². The maximum Gasteiger partial charge on any atom is 0.410 e. The quantitative estimate of drug-likeness (QED) is 0.374. The Morgan fingerprint density at radius 2 is 1.79 bits per heavy atom. The van der Waals surface area contributed by atoms with Crippen molar-refractivity contribution in [1.29, 1.82) is 0 Å². The number of carbonyl (C=O) groups excluding carboxylic acids is 1. The van der Waals surface area contributed by atoms with E-state index in [1.165, 1.54) is 28.5 Å². The predicted octanol–water partition coefficient (Wildman–Crippen LogP) is 5.16. The number of piperazine rings is 1. The van der Waals surface area contributed by atoms with Crippen LogP contribution in [0.2, 0.25) is 0 Å². The first-order valence-electron chi connectivity index (χ1n) is 17.6. The molecule has 3 aromatic rings. The average Bonchev–Trinajstić information content (AvgIpc) is 3.44. The first-order valence-corrected chi connectivity index (χ1v) is 17.6. The molecule has 1 unspecified atom stereocenters. The number of hydrogen-bond donors (Lipinski definition) is 0. The van der Waals surface area contributed by atoms with Crippen molar-refractivity contribution in [1.82, 2.24) is 29.5 Å². The largest absolute Gasteiger partial charge is 0.444 e. The Kier molecular flexibility index (Phi) is 8.57. The molecule has 0 saturated carbocycles. The molecular formula is C36H52N8O3. The van der Waals surface area contributed by atoms with Crippen molar-refractivity contribution in [3.8, 4) is 0 Å². The van der Waals surface area contributed by atoms with Gasteiger partial charge in [-0.05, 0) is 103 Å². The topological polar surface area (TPSA) is 92.1 Å². The molecular weight excluding hydrogens is 592 g/mol. The van der Waals surface area contributed by atoms with Gasteiger partial charge in [0.1, 0.15) is 11.4 Å². The van der Waals surface area contributed by atoms with Gasteiger partial charge in [-0.25, -0.2) is 14.5 Å². The number of nitrogens with zero attached hydrogens (tertiary/aromatic N) is 8. The molecule has 5 heterocycles. The highest BCUT2D eigenvalue weighted by atomic mass is 16.6. The van der Waals surface area contributed by atoms with Crippen LogP contribution in [0.3, 0.4) is 0 Å². The third kappa shape index (κ3) is 6.28. The van der Waals surface area contributed by atoms with Gasteiger partial charge >= 0.3 is 6.09 Å². The minimum atomic E-state index is -0.506. The molecule has 11 nitrogen and oxygen atoms in total. The molecule has 3 saturated heterocycles. The molecule has 7 rings (SSSR count). The molecule has 47 heavy (non-hydrogen) atoms. The molecule has 0 spiro atoms. The van der Waals surface area contributed by atoms with Crippen molar-refractivity contribution in [2.24, 2.45) is 5.92 Å². The van der Waals surface area contributed by atoms with E-state index in [0.29, 0.717) is 31.0 Å². The van der Waals surface area contributed by atoms with Gasteiger partial charge < -0.3 is 29.1 Å². The molecule has 2 aromatic heterocycles. The number of hydrogen-bond acceptors (Lipinski definition) is 9. The number of carbonyl (C=O) groups is 1. The number of benzene rings is 1. The lowest BCUT2D eigenvalue weighted by atomic mass is 9.73. The van der Waals surface area contributed by atoms with Crippen LogP contribution in [0.4, 0.5) is 16.6 Å². The Balaban J connectivity index is 1.20. The van der Waals surface area contributed by atoms with Gasteiger partial charge in [0, 0.05) is 62.9 Å². The Labute approximate surface area is 279 Å². The number of likely N-dealkylation sites (N-methyl/N-ethyl adjacent to an activating group) is 1. The van der Waals surface area contributed by atoms with E-state index in [2.05, 4.69) is 65.7 Å². The van der Waals surface area contributed by atoms with Gasteiger partial charge in [0.05, 0.1) is 17.4 Å². The monoisotopic (exact) mass is 644 g/mol. The number of ether oxygens (including phenoxy) is 2. The summed E-state index contributed by atoms with van der Waals surface area (Å²) in [4.78, 5) is 32.2. The zero-order valence-electron chi connectivity index (χ0n) is 29.3. The van der Waals surface area contributed by atoms with Gasteiger partial charge in [-0.2, -0.15) is 10.1 Å². The summed E-state index contributed by atoms with van der Waals surface area (Å²) in [5.41, 5.74) is 5.80. The first-order chi connectivity index (χ1) is 22.5. The zero-order chi connectivity index (χ0) is 33.0. The number of anilines is 2. The lowest BCUT2D eigenvalue weighted by Crippen LogP contribution is -2.58. The van der Waals surface area contributed by atoms with E-state index in [-0.39, 0.29) is 12.3 Å². The minimum Gasteiger partial charge on any atom is -0.444 e. The third-order valence-electron chi connectivity index (χ3n) is 10.6. The second-order valence-electron chi connectivity index (χ2n) is 15.4. The summed E-state index contributed by atoms with van der Waals surface area (Å²) >= 11 is 0. The van der Waals surface area contributed by atoms with Gasteiger partial charge in [0.15, 0.2) is 6.23 Å². The zero-order valence-corrected chi connectivity index (χ0v) is 29.3. The highest BCUT2D eigenvalue weighted by molar-refractivity contribution is 5.84. The predicted molar refractivity (Wildman–Crippen MR) is 184 cm³/mol. The van der Waals surface area contributed by atoms with Crippen LogP contribution < -0.4 is 9.80 Å². The molecule has 11 heteroatoms. The molecule has 0 bridgehead atoms. The van der Waals surface area contributed by atoms with Crippen LogP contribution in [-0.4, -0.2) is 107 Å². The van der Waals surface area contributed by atoms with Gasteiger partial charge in [-0.3, -0.25) is 0 Å². The van der Waals surface area contributed by atoms with Crippen molar-refractivity contribution in [3.05, 3.63) is 40.7 Å². The van der Waals surface area contributed by atoms with Crippen molar-refractivity contribution in [3.63, 3.8) is 0 Å². The lowest BCUT2D eigenvalue weighted by Gasteiger charge is -2.44. The Hall–Kier alpha value is -3.44. The van der Waals surface area contributed by atoms with Crippen LogP contribution in [0.25, 0.3) is 10.9 Å². The van der Waals surface area contributed by atoms with Crippen molar-refractivity contribution < 1.29 is 14.3 Å². The number of aryl methyl sites for hydroxylation is 1. The van der Waals surface area contributed by atoms with Gasteiger partial charge in [-0.1, -0.05) is 13.0 Å². The molecule has 0 radical (unpaired) electrons. The molecule has 3 atom stereocenters. The highest BCUT2D eigenvalue weighted by Crippen LogP contribution is 2.44. The van der Waals surface area contributed by atoms with Crippen LogP contribution in [0.5, 0.6) is 0 Å². The van der Waals surface area contributed by atoms with E-state index in [0.717, 1.165) is 81.4 Å². The number of amides is 1. The van der Waals surface area contributed by atoms with Gasteiger partial charge in [0.25, 0.3) is 0 Å². The molecule has 254 valence electrons. The maximum atomic E-state index is 12.8. The summed E-state index contributed by atoms with van der Waals surface area (Å²) < 4.78 is 13.9. The number of aromatic nitrogens is 4. The first kappa shape index (κ1) is 32.1. The summed E-state index contributed by atoms with van der Waals surface area (Å²) in [6, 6.07) is 5.00. The summed E-state index contributed by atoms with van der Waals surface area (Å²) in [5.74, 6) is 2.60.